The van der Waals surface area contributed by atoms with E-state index in [0.29, 0.717) is 12.5 Å². The van der Waals surface area contributed by atoms with Gasteiger partial charge in [0, 0.05) is 35.1 Å². The van der Waals surface area contributed by atoms with Gasteiger partial charge in [-0.3, -0.25) is 9.59 Å². The number of benzene rings is 1. The number of carbonyl (C=O) groups is 1. The minimum absolute atomic E-state index is 0.0908. The number of hydrogen-bond acceptors (Lipinski definition) is 6. The molecule has 41 heavy (non-hydrogen) atoms. The molecule has 3 aromatic heterocycles. The van der Waals surface area contributed by atoms with E-state index in [4.69, 9.17) is 0 Å². The van der Waals surface area contributed by atoms with Gasteiger partial charge in [0.1, 0.15) is 11.6 Å². The van der Waals surface area contributed by atoms with E-state index < -0.39 is 28.7 Å². The maximum absolute atomic E-state index is 14.7. The topological polar surface area (TPSA) is 120 Å². The summed E-state index contributed by atoms with van der Waals surface area (Å²) in [6, 6.07) is 9.39. The van der Waals surface area contributed by atoms with Crippen LogP contribution < -0.4 is 16.2 Å². The number of hydrogen-bond donors (Lipinski definition) is 4. The number of alkyl halides is 3. The summed E-state index contributed by atoms with van der Waals surface area (Å²) >= 11 is 0. The molecule has 8 nitrogen and oxygen atoms in total. The lowest BCUT2D eigenvalue weighted by atomic mass is 9.88. The Hall–Kier alpha value is -4.32. The monoisotopic (exact) mass is 569 g/mol. The van der Waals surface area contributed by atoms with Crippen molar-refractivity contribution in [3.05, 3.63) is 76.6 Å². The lowest BCUT2D eigenvalue weighted by Gasteiger charge is -2.26. The van der Waals surface area contributed by atoms with Crippen molar-refractivity contribution in [2.24, 2.45) is 5.92 Å². The summed E-state index contributed by atoms with van der Waals surface area (Å²) in [5.74, 6) is -0.804. The van der Waals surface area contributed by atoms with Gasteiger partial charge in [0.2, 0.25) is 5.91 Å². The van der Waals surface area contributed by atoms with Crippen LogP contribution in [-0.4, -0.2) is 32.1 Å². The lowest BCUT2D eigenvalue weighted by Crippen LogP contribution is -2.39. The molecule has 0 saturated heterocycles. The van der Waals surface area contributed by atoms with E-state index in [9.17, 15) is 32.3 Å². The Morgan fingerprint density at radius 1 is 1.07 bits per heavy atom. The van der Waals surface area contributed by atoms with E-state index in [-0.39, 0.29) is 45.6 Å². The predicted molar refractivity (Wildman–Crippen MR) is 146 cm³/mol. The van der Waals surface area contributed by atoms with Crippen LogP contribution in [0.2, 0.25) is 0 Å². The van der Waals surface area contributed by atoms with Crippen LogP contribution in [0.5, 0.6) is 0 Å². The number of anilines is 3. The van der Waals surface area contributed by atoms with Crippen molar-refractivity contribution >= 4 is 34.0 Å². The molecule has 12 heteroatoms. The van der Waals surface area contributed by atoms with Crippen molar-refractivity contribution < 1.29 is 27.5 Å². The highest BCUT2D eigenvalue weighted by Gasteiger charge is 2.51. The summed E-state index contributed by atoms with van der Waals surface area (Å²) in [4.78, 5) is 36.5. The summed E-state index contributed by atoms with van der Waals surface area (Å²) in [7, 11) is 0. The fraction of sp³-hybridized carbons (Fsp3) is 0.310. The average molecular weight is 570 g/mol. The van der Waals surface area contributed by atoms with Gasteiger partial charge >= 0.3 is 6.18 Å². The number of rotatable bonds is 6. The summed E-state index contributed by atoms with van der Waals surface area (Å²) in [6.45, 7) is 0.629. The number of aliphatic hydroxyl groups is 1. The molecule has 1 amide bonds. The van der Waals surface area contributed by atoms with E-state index >= 15 is 0 Å². The third-order valence-corrected chi connectivity index (χ3v) is 7.31. The first-order valence-electron chi connectivity index (χ1n) is 13.1. The fourth-order valence-corrected chi connectivity index (χ4v) is 4.92. The van der Waals surface area contributed by atoms with Gasteiger partial charge in [-0.15, -0.1) is 0 Å². The molecule has 214 valence electrons. The van der Waals surface area contributed by atoms with Crippen LogP contribution in [0.25, 0.3) is 22.2 Å². The van der Waals surface area contributed by atoms with Gasteiger partial charge in [0.25, 0.3) is 5.56 Å². The van der Waals surface area contributed by atoms with E-state index in [1.165, 1.54) is 30.5 Å². The third kappa shape index (κ3) is 5.92. The number of H-pyrrole nitrogens is 1. The largest absolute Gasteiger partial charge is 0.421 e. The molecule has 0 spiro atoms. The zero-order chi connectivity index (χ0) is 29.4. The second-order valence-corrected chi connectivity index (χ2v) is 10.3. The number of pyridine rings is 3. The lowest BCUT2D eigenvalue weighted by molar-refractivity contribution is -0.259. The second kappa shape index (κ2) is 10.9. The Morgan fingerprint density at radius 3 is 2.51 bits per heavy atom. The molecule has 0 radical (unpaired) electrons. The molecule has 0 aliphatic heterocycles. The molecule has 1 aromatic carbocycles. The highest BCUT2D eigenvalue weighted by Crippen LogP contribution is 2.38. The van der Waals surface area contributed by atoms with Crippen LogP contribution in [0, 0.1) is 11.7 Å². The van der Waals surface area contributed by atoms with Crippen molar-refractivity contribution in [1.29, 1.82) is 0 Å². The standard InChI is InChI=1S/C29H27F4N5O3/c1-28(41,29(31,32)33)18-7-8-24(35-15-18)38-23-14-22(37-21-9-10-34-27(40)25(21)23)17-11-19(30)13-20(12-17)36-26(39)16-5-3-2-4-6-16/h7-16,41H,2-6H2,1H3,(H,34,40)(H,36,39)(H,35,37,38). The van der Waals surface area contributed by atoms with Gasteiger partial charge in [-0.05, 0) is 56.2 Å². The van der Waals surface area contributed by atoms with Gasteiger partial charge in [-0.25, -0.2) is 14.4 Å². The molecule has 1 aliphatic carbocycles. The number of nitrogens with zero attached hydrogens (tertiary/aromatic N) is 2. The van der Waals surface area contributed by atoms with Crippen LogP contribution in [0.4, 0.5) is 34.8 Å². The molecule has 5 rings (SSSR count). The van der Waals surface area contributed by atoms with Crippen LogP contribution in [-0.2, 0) is 10.4 Å². The second-order valence-electron chi connectivity index (χ2n) is 10.3. The molecule has 1 atom stereocenters. The minimum atomic E-state index is -4.91. The highest BCUT2D eigenvalue weighted by molar-refractivity contribution is 5.96. The number of halogens is 4. The number of aromatic nitrogens is 3. The molecular weight excluding hydrogens is 542 g/mol. The molecule has 4 aromatic rings. The maximum Gasteiger partial charge on any atom is 0.421 e. The van der Waals surface area contributed by atoms with Crippen LogP contribution >= 0.6 is 0 Å². The van der Waals surface area contributed by atoms with Gasteiger partial charge in [-0.1, -0.05) is 25.3 Å². The predicted octanol–water partition coefficient (Wildman–Crippen LogP) is 6.16. The molecule has 4 N–H and O–H groups in total. The maximum atomic E-state index is 14.7. The average Bonchev–Trinajstić information content (AvgIpc) is 2.93. The van der Waals surface area contributed by atoms with Crippen molar-refractivity contribution in [3.8, 4) is 11.3 Å². The molecule has 3 heterocycles. The van der Waals surface area contributed by atoms with E-state index in [1.807, 2.05) is 0 Å². The molecule has 1 saturated carbocycles. The van der Waals surface area contributed by atoms with E-state index in [0.717, 1.165) is 44.4 Å². The minimum Gasteiger partial charge on any atom is -0.376 e. The van der Waals surface area contributed by atoms with E-state index in [2.05, 4.69) is 25.6 Å². The Labute approximate surface area is 231 Å². The van der Waals surface area contributed by atoms with Gasteiger partial charge in [-0.2, -0.15) is 13.2 Å². The first kappa shape index (κ1) is 28.2. The van der Waals surface area contributed by atoms with E-state index in [1.54, 1.807) is 12.1 Å². The summed E-state index contributed by atoms with van der Waals surface area (Å²) in [5, 5.41) is 15.8. The SMILES string of the molecule is CC(O)(c1ccc(Nc2cc(-c3cc(F)cc(NC(=O)C4CCCCC4)c3)nc3cc[nH]c(=O)c23)nc1)C(F)(F)F. The summed E-state index contributed by atoms with van der Waals surface area (Å²) < 4.78 is 54.4. The summed E-state index contributed by atoms with van der Waals surface area (Å²) in [5.41, 5.74) is -2.69. The van der Waals surface area contributed by atoms with Gasteiger partial charge < -0.3 is 20.7 Å². The molecule has 1 fully saturated rings. The Bertz CT molecular complexity index is 1650. The summed E-state index contributed by atoms with van der Waals surface area (Å²) in [6.07, 6.45) is 1.99. The van der Waals surface area contributed by atoms with Crippen LogP contribution in [0.1, 0.15) is 44.6 Å². The van der Waals surface area contributed by atoms with Crippen LogP contribution in [0.15, 0.2) is 59.7 Å². The van der Waals surface area contributed by atoms with Crippen molar-refractivity contribution in [1.82, 2.24) is 15.0 Å². The Kier molecular flexibility index (Phi) is 7.52. The number of aromatic amines is 1. The fourth-order valence-electron chi connectivity index (χ4n) is 4.92. The zero-order valence-electron chi connectivity index (χ0n) is 22.0. The molecular formula is C29H27F4N5O3. The number of fused-ring (bicyclic) bond motifs is 1. The number of amides is 1. The highest BCUT2D eigenvalue weighted by atomic mass is 19.4. The Morgan fingerprint density at radius 2 is 1.83 bits per heavy atom. The molecule has 1 aliphatic rings. The van der Waals surface area contributed by atoms with Gasteiger partial charge in [0.05, 0.1) is 22.3 Å². The number of nitrogens with one attached hydrogen (secondary N) is 3. The van der Waals surface area contributed by atoms with Crippen LogP contribution in [0.3, 0.4) is 0 Å². The van der Waals surface area contributed by atoms with Crippen molar-refractivity contribution in [2.75, 3.05) is 10.6 Å². The first-order valence-corrected chi connectivity index (χ1v) is 13.1. The quantitative estimate of drug-likeness (QED) is 0.207. The van der Waals surface area contributed by atoms with Gasteiger partial charge in [0.15, 0.2) is 5.60 Å². The van der Waals surface area contributed by atoms with Crippen molar-refractivity contribution in [2.45, 2.75) is 50.8 Å². The zero-order valence-corrected chi connectivity index (χ0v) is 22.0. The van der Waals surface area contributed by atoms with Crippen molar-refractivity contribution in [3.63, 3.8) is 0 Å². The molecule has 1 unspecified atom stereocenters. The normalized spacial score (nSPS) is 15.9. The Balaban J connectivity index is 1.50. The molecule has 0 bridgehead atoms. The first-order chi connectivity index (χ1) is 19.4. The number of carbonyl (C=O) groups excluding carboxylic acids is 1. The smallest absolute Gasteiger partial charge is 0.376 e. The third-order valence-electron chi connectivity index (χ3n) is 7.31.